The monoisotopic (exact) mass is 403 g/mol. The van der Waals surface area contributed by atoms with Crippen molar-refractivity contribution in [2.75, 3.05) is 13.1 Å². The molecule has 3 heterocycles. The molecule has 4 rings (SSSR count). The first-order valence-electron chi connectivity index (χ1n) is 8.66. The maximum Gasteiger partial charge on any atom is 0.275 e. The van der Waals surface area contributed by atoms with E-state index in [1.165, 1.54) is 20.2 Å². The fraction of sp³-hybridized carbons (Fsp3) is 0.250. The zero-order valence-corrected chi connectivity index (χ0v) is 16.6. The molecular weight excluding hydrogens is 384 g/mol. The highest BCUT2D eigenvalue weighted by atomic mass is 35.5. The lowest BCUT2D eigenvalue weighted by Crippen LogP contribution is -3.14. The van der Waals surface area contributed by atoms with Crippen LogP contribution < -0.4 is 10.2 Å². The molecule has 0 saturated carbocycles. The molecular formula is C20H20ClN2OS2+. The summed E-state index contributed by atoms with van der Waals surface area (Å²) in [7, 11) is 0. The highest BCUT2D eigenvalue weighted by molar-refractivity contribution is 7.10. The van der Waals surface area contributed by atoms with Crippen LogP contribution in [0.5, 0.6) is 0 Å². The molecule has 1 amide bonds. The molecule has 3 nitrogen and oxygen atoms in total. The van der Waals surface area contributed by atoms with Crippen molar-refractivity contribution in [3.05, 3.63) is 79.1 Å². The average Bonchev–Trinajstić information content (AvgIpc) is 3.31. The minimum absolute atomic E-state index is 0.0835. The van der Waals surface area contributed by atoms with E-state index >= 15 is 0 Å². The second-order valence-corrected chi connectivity index (χ2v) is 8.91. The lowest BCUT2D eigenvalue weighted by Gasteiger charge is -2.31. The molecule has 2 N–H and O–H groups in total. The minimum Gasteiger partial charge on any atom is -0.347 e. The number of carbonyl (C=O) groups is 1. The van der Waals surface area contributed by atoms with Crippen molar-refractivity contribution >= 4 is 40.2 Å². The van der Waals surface area contributed by atoms with Crippen molar-refractivity contribution < 1.29 is 9.69 Å². The summed E-state index contributed by atoms with van der Waals surface area (Å²) in [5.74, 6) is 0.0835. The second kappa shape index (κ2) is 7.92. The molecule has 2 atom stereocenters. The molecule has 0 radical (unpaired) electrons. The van der Waals surface area contributed by atoms with Gasteiger partial charge < -0.3 is 10.2 Å². The highest BCUT2D eigenvalue weighted by Crippen LogP contribution is 2.31. The first-order chi connectivity index (χ1) is 12.7. The van der Waals surface area contributed by atoms with E-state index in [-0.39, 0.29) is 11.9 Å². The second-order valence-electron chi connectivity index (χ2n) is 6.49. The summed E-state index contributed by atoms with van der Waals surface area (Å²) in [5.41, 5.74) is 2.41. The van der Waals surface area contributed by atoms with E-state index < -0.39 is 0 Å². The number of hydrogen-bond donors (Lipinski definition) is 2. The van der Waals surface area contributed by atoms with Gasteiger partial charge in [0.1, 0.15) is 6.04 Å². The van der Waals surface area contributed by atoms with Crippen LogP contribution >= 0.6 is 34.3 Å². The van der Waals surface area contributed by atoms with E-state index in [0.29, 0.717) is 18.1 Å². The normalized spacial score (nSPS) is 19.1. The molecule has 134 valence electrons. The van der Waals surface area contributed by atoms with Crippen LogP contribution in [0.3, 0.4) is 0 Å². The molecule has 0 saturated heterocycles. The van der Waals surface area contributed by atoms with Crippen molar-refractivity contribution in [2.24, 2.45) is 0 Å². The maximum atomic E-state index is 12.6. The van der Waals surface area contributed by atoms with Crippen molar-refractivity contribution in [1.82, 2.24) is 5.32 Å². The van der Waals surface area contributed by atoms with Crippen LogP contribution in [0.15, 0.2) is 53.2 Å². The Kier molecular flexibility index (Phi) is 5.41. The molecule has 1 aliphatic heterocycles. The van der Waals surface area contributed by atoms with Crippen LogP contribution in [0.25, 0.3) is 0 Å². The van der Waals surface area contributed by atoms with Crippen LogP contribution in [0.1, 0.15) is 26.9 Å². The van der Waals surface area contributed by atoms with Crippen LogP contribution in [0, 0.1) is 0 Å². The molecule has 0 fully saturated rings. The Morgan fingerprint density at radius 3 is 2.92 bits per heavy atom. The van der Waals surface area contributed by atoms with Crippen molar-refractivity contribution in [3.63, 3.8) is 0 Å². The zero-order valence-electron chi connectivity index (χ0n) is 14.2. The van der Waals surface area contributed by atoms with Gasteiger partial charge in [-0.05, 0) is 40.6 Å². The standard InChI is InChI=1S/C20H19ClN2OS2/c21-15-4-1-3-14(11-15)12-22-19(24)13-23-8-6-17-16(7-10-26-17)20(23)18-5-2-9-25-18/h1-5,7,9-11,20H,6,8,12-13H2,(H,22,24)/p+1/t20-/m1/s1. The number of rotatable bonds is 5. The number of quaternary nitrogens is 1. The van der Waals surface area contributed by atoms with Crippen LogP contribution in [-0.2, 0) is 17.8 Å². The summed E-state index contributed by atoms with van der Waals surface area (Å²) in [6.45, 7) is 1.99. The Morgan fingerprint density at radius 2 is 2.12 bits per heavy atom. The summed E-state index contributed by atoms with van der Waals surface area (Å²) in [5, 5.41) is 8.03. The summed E-state index contributed by atoms with van der Waals surface area (Å²) < 4.78 is 0. The number of hydrogen-bond acceptors (Lipinski definition) is 3. The molecule has 2 aromatic heterocycles. The van der Waals surface area contributed by atoms with Gasteiger partial charge in [-0.25, -0.2) is 0 Å². The third-order valence-electron chi connectivity index (χ3n) is 4.77. The first kappa shape index (κ1) is 17.7. The number of thiophene rings is 2. The van der Waals surface area contributed by atoms with Gasteiger partial charge in [0.2, 0.25) is 0 Å². The average molecular weight is 404 g/mol. The quantitative estimate of drug-likeness (QED) is 0.673. The van der Waals surface area contributed by atoms with Gasteiger partial charge in [-0.1, -0.05) is 29.8 Å². The van der Waals surface area contributed by atoms with Gasteiger partial charge in [0.05, 0.1) is 11.4 Å². The van der Waals surface area contributed by atoms with E-state index in [4.69, 9.17) is 11.6 Å². The number of fused-ring (bicyclic) bond motifs is 1. The Bertz CT molecular complexity index is 891. The maximum absolute atomic E-state index is 12.6. The van der Waals surface area contributed by atoms with Crippen LogP contribution in [-0.4, -0.2) is 19.0 Å². The molecule has 1 unspecified atom stereocenters. The smallest absolute Gasteiger partial charge is 0.275 e. The third-order valence-corrected chi connectivity index (χ3v) is 6.94. The number of nitrogens with one attached hydrogen (secondary N) is 2. The molecule has 26 heavy (non-hydrogen) atoms. The Hall–Kier alpha value is -1.66. The molecule has 1 aliphatic rings. The fourth-order valence-electron chi connectivity index (χ4n) is 3.57. The Labute approximate surface area is 166 Å². The fourth-order valence-corrected chi connectivity index (χ4v) is 5.60. The predicted octanol–water partition coefficient (Wildman–Crippen LogP) is 3.31. The van der Waals surface area contributed by atoms with Crippen molar-refractivity contribution in [2.45, 2.75) is 19.0 Å². The summed E-state index contributed by atoms with van der Waals surface area (Å²) in [4.78, 5) is 16.7. The number of benzene rings is 1. The van der Waals surface area contributed by atoms with E-state index in [2.05, 4.69) is 34.3 Å². The van der Waals surface area contributed by atoms with Crippen LogP contribution in [0.2, 0.25) is 5.02 Å². The Balaban J connectivity index is 1.45. The van der Waals surface area contributed by atoms with Crippen LogP contribution in [0.4, 0.5) is 0 Å². The van der Waals surface area contributed by atoms with Gasteiger partial charge in [0.25, 0.3) is 5.91 Å². The summed E-state index contributed by atoms with van der Waals surface area (Å²) in [6, 6.07) is 14.4. The van der Waals surface area contributed by atoms with E-state index in [0.717, 1.165) is 18.5 Å². The molecule has 3 aromatic rings. The largest absolute Gasteiger partial charge is 0.347 e. The Morgan fingerprint density at radius 1 is 1.19 bits per heavy atom. The SMILES string of the molecule is O=C(C[NH+]1CCc2sccc2[C@@H]1c1cccs1)NCc1cccc(Cl)c1. The number of amides is 1. The van der Waals surface area contributed by atoms with Crippen molar-refractivity contribution in [1.29, 1.82) is 0 Å². The van der Waals surface area contributed by atoms with Crippen molar-refractivity contribution in [3.8, 4) is 0 Å². The summed E-state index contributed by atoms with van der Waals surface area (Å²) >= 11 is 9.63. The first-order valence-corrected chi connectivity index (χ1v) is 10.8. The number of carbonyl (C=O) groups excluding carboxylic acids is 1. The topological polar surface area (TPSA) is 33.5 Å². The lowest BCUT2D eigenvalue weighted by molar-refractivity contribution is -0.919. The van der Waals surface area contributed by atoms with Gasteiger partial charge in [0, 0.05) is 28.4 Å². The van der Waals surface area contributed by atoms with Gasteiger partial charge >= 0.3 is 0 Å². The lowest BCUT2D eigenvalue weighted by atomic mass is 9.98. The zero-order chi connectivity index (χ0) is 17.9. The van der Waals surface area contributed by atoms with E-state index in [9.17, 15) is 4.79 Å². The van der Waals surface area contributed by atoms with Gasteiger partial charge in [-0.2, -0.15) is 0 Å². The number of halogens is 1. The molecule has 0 aliphatic carbocycles. The molecule has 1 aromatic carbocycles. The van der Waals surface area contributed by atoms with Gasteiger partial charge in [-0.15, -0.1) is 22.7 Å². The van der Waals surface area contributed by atoms with E-state index in [1.807, 2.05) is 35.6 Å². The molecule has 0 bridgehead atoms. The third kappa shape index (κ3) is 3.86. The highest BCUT2D eigenvalue weighted by Gasteiger charge is 2.34. The predicted molar refractivity (Wildman–Crippen MR) is 108 cm³/mol. The van der Waals surface area contributed by atoms with E-state index in [1.54, 1.807) is 11.3 Å². The minimum atomic E-state index is 0.0835. The molecule has 6 heteroatoms. The van der Waals surface area contributed by atoms with Gasteiger partial charge in [0.15, 0.2) is 6.54 Å². The summed E-state index contributed by atoms with van der Waals surface area (Å²) in [6.07, 6.45) is 1.05. The van der Waals surface area contributed by atoms with Gasteiger partial charge in [-0.3, -0.25) is 4.79 Å². The molecule has 0 spiro atoms.